The van der Waals surface area contributed by atoms with Crippen molar-refractivity contribution in [3.63, 3.8) is 0 Å². The van der Waals surface area contributed by atoms with Gasteiger partial charge in [0.2, 0.25) is 0 Å². The molecule has 0 bridgehead atoms. The van der Waals surface area contributed by atoms with Gasteiger partial charge in [0.25, 0.3) is 0 Å². The third-order valence-corrected chi connectivity index (χ3v) is 2.31. The summed E-state index contributed by atoms with van der Waals surface area (Å²) in [5.74, 6) is 0.674. The van der Waals surface area contributed by atoms with Crippen molar-refractivity contribution in [2.24, 2.45) is 5.92 Å². The van der Waals surface area contributed by atoms with E-state index in [0.717, 1.165) is 6.42 Å². The maximum atomic E-state index is 4.02. The van der Waals surface area contributed by atoms with Crippen LogP contribution in [-0.4, -0.2) is 0 Å². The van der Waals surface area contributed by atoms with Crippen molar-refractivity contribution >= 4 is 0 Å². The van der Waals surface area contributed by atoms with Crippen LogP contribution in [0.2, 0.25) is 0 Å². The Labute approximate surface area is 119 Å². The second kappa shape index (κ2) is 7.54. The first-order chi connectivity index (χ1) is 6.65. The van der Waals surface area contributed by atoms with E-state index in [0.29, 0.717) is 5.92 Å². The average molecular weight is 278 g/mol. The topological polar surface area (TPSA) is 12.0 Å². The molecular formula is C13H19NY-2. The van der Waals surface area contributed by atoms with Gasteiger partial charge in [0.15, 0.2) is 0 Å². The second-order valence-corrected chi connectivity index (χ2v) is 4.05. The molecule has 0 spiro atoms. The summed E-state index contributed by atoms with van der Waals surface area (Å²) in [6.07, 6.45) is 1.10. The predicted octanol–water partition coefficient (Wildman–Crippen LogP) is 3.14. The monoisotopic (exact) mass is 278 g/mol. The SMILES string of the molecule is [CH2-]NC([CH2-])c1ccccc1CC(C)C.[Y]. The predicted molar refractivity (Wildman–Crippen MR) is 61.6 cm³/mol. The van der Waals surface area contributed by atoms with Gasteiger partial charge in [0.1, 0.15) is 0 Å². The maximum Gasteiger partial charge on any atom is 0 e. The fraction of sp³-hybridized carbons (Fsp3) is 0.385. The zero-order valence-corrected chi connectivity index (χ0v) is 12.5. The number of hydrogen-bond donors (Lipinski definition) is 1. The van der Waals surface area contributed by atoms with Crippen LogP contribution in [0.15, 0.2) is 24.3 Å². The first-order valence-electron chi connectivity index (χ1n) is 5.08. The van der Waals surface area contributed by atoms with Gasteiger partial charge in [-0.25, -0.2) is 0 Å². The fourth-order valence-corrected chi connectivity index (χ4v) is 1.61. The van der Waals surface area contributed by atoms with Gasteiger partial charge in [-0.3, -0.25) is 7.05 Å². The van der Waals surface area contributed by atoms with Crippen LogP contribution in [0.5, 0.6) is 0 Å². The molecule has 1 atom stereocenters. The Balaban J connectivity index is 0.00000196. The zero-order chi connectivity index (χ0) is 10.6. The molecule has 0 saturated heterocycles. The van der Waals surface area contributed by atoms with Gasteiger partial charge in [-0.15, -0.1) is 6.04 Å². The van der Waals surface area contributed by atoms with Crippen molar-refractivity contribution in [3.8, 4) is 0 Å². The molecule has 1 radical (unpaired) electrons. The average Bonchev–Trinajstić information content (AvgIpc) is 2.16. The van der Waals surface area contributed by atoms with Gasteiger partial charge in [-0.1, -0.05) is 43.7 Å². The van der Waals surface area contributed by atoms with Gasteiger partial charge in [-0.05, 0) is 17.9 Å². The summed E-state index contributed by atoms with van der Waals surface area (Å²) in [6.45, 7) is 8.48. The Morgan fingerprint density at radius 2 is 1.87 bits per heavy atom. The summed E-state index contributed by atoms with van der Waals surface area (Å²) >= 11 is 0. The van der Waals surface area contributed by atoms with Gasteiger partial charge in [0.05, 0.1) is 0 Å². The van der Waals surface area contributed by atoms with Gasteiger partial charge in [0, 0.05) is 32.7 Å². The molecule has 2 heteroatoms. The fourth-order valence-electron chi connectivity index (χ4n) is 1.61. The summed E-state index contributed by atoms with van der Waals surface area (Å²) in [5, 5.41) is 2.93. The molecule has 1 unspecified atom stereocenters. The summed E-state index contributed by atoms with van der Waals surface area (Å²) in [4.78, 5) is 0. The van der Waals surface area contributed by atoms with Crippen LogP contribution < -0.4 is 5.32 Å². The minimum absolute atomic E-state index is 0. The Bertz CT molecular complexity index is 284. The standard InChI is InChI=1S/C13H19N.Y/c1-10(2)9-12-7-5-6-8-13(12)11(3)14-4;/h5-8,10-11,14H,3-4,9H2,1-2H3;/q-2;. The van der Waals surface area contributed by atoms with Gasteiger partial charge in [-0.2, -0.15) is 0 Å². The zero-order valence-electron chi connectivity index (χ0n) is 9.66. The Morgan fingerprint density at radius 3 is 2.40 bits per heavy atom. The van der Waals surface area contributed by atoms with Crippen LogP contribution in [0.1, 0.15) is 31.0 Å². The first-order valence-corrected chi connectivity index (χ1v) is 5.08. The molecule has 1 N–H and O–H groups in total. The molecule has 0 heterocycles. The van der Waals surface area contributed by atoms with Crippen molar-refractivity contribution < 1.29 is 32.7 Å². The van der Waals surface area contributed by atoms with E-state index in [1.54, 1.807) is 0 Å². The minimum Gasteiger partial charge on any atom is -0.492 e. The molecular weight excluding hydrogens is 259 g/mol. The number of nitrogens with one attached hydrogen (secondary N) is 1. The van der Waals surface area contributed by atoms with E-state index in [-0.39, 0.29) is 38.8 Å². The molecule has 0 aliphatic carbocycles. The third kappa shape index (κ3) is 4.76. The maximum absolute atomic E-state index is 4.02. The Hall–Kier alpha value is 0.284. The van der Waals surface area contributed by atoms with Crippen LogP contribution in [0, 0.1) is 19.9 Å². The van der Waals surface area contributed by atoms with Crippen LogP contribution in [0.4, 0.5) is 0 Å². The van der Waals surface area contributed by atoms with E-state index in [2.05, 4.69) is 57.4 Å². The van der Waals surface area contributed by atoms with Crippen molar-refractivity contribution in [2.45, 2.75) is 26.3 Å². The third-order valence-electron chi connectivity index (χ3n) is 2.31. The smallest absolute Gasteiger partial charge is 0 e. The number of rotatable bonds is 4. The van der Waals surface area contributed by atoms with Gasteiger partial charge < -0.3 is 12.2 Å². The van der Waals surface area contributed by atoms with Crippen molar-refractivity contribution in [1.29, 1.82) is 0 Å². The molecule has 0 amide bonds. The van der Waals surface area contributed by atoms with Crippen LogP contribution in [0.25, 0.3) is 0 Å². The molecule has 0 aliphatic rings. The molecule has 0 fully saturated rings. The summed E-state index contributed by atoms with van der Waals surface area (Å²) < 4.78 is 0. The summed E-state index contributed by atoms with van der Waals surface area (Å²) in [7, 11) is 3.67. The molecule has 1 rings (SSSR count). The molecule has 0 aromatic heterocycles. The largest absolute Gasteiger partial charge is 0.492 e. The van der Waals surface area contributed by atoms with E-state index in [1.165, 1.54) is 11.1 Å². The van der Waals surface area contributed by atoms with Crippen molar-refractivity contribution in [1.82, 2.24) is 5.32 Å². The van der Waals surface area contributed by atoms with E-state index in [9.17, 15) is 0 Å². The van der Waals surface area contributed by atoms with E-state index in [4.69, 9.17) is 0 Å². The molecule has 1 aromatic carbocycles. The Kier molecular flexibility index (Phi) is 7.68. The molecule has 15 heavy (non-hydrogen) atoms. The Morgan fingerprint density at radius 1 is 1.27 bits per heavy atom. The molecule has 0 saturated carbocycles. The van der Waals surface area contributed by atoms with Gasteiger partial charge >= 0.3 is 0 Å². The van der Waals surface area contributed by atoms with Crippen molar-refractivity contribution in [2.75, 3.05) is 0 Å². The number of hydrogen-bond acceptors (Lipinski definition) is 1. The van der Waals surface area contributed by atoms with Crippen LogP contribution >= 0.6 is 0 Å². The van der Waals surface area contributed by atoms with Crippen LogP contribution in [-0.2, 0) is 39.1 Å². The van der Waals surface area contributed by atoms with Crippen molar-refractivity contribution in [3.05, 3.63) is 49.4 Å². The first kappa shape index (κ1) is 15.3. The van der Waals surface area contributed by atoms with Crippen LogP contribution in [0.3, 0.4) is 0 Å². The molecule has 0 aliphatic heterocycles. The number of benzene rings is 1. The minimum atomic E-state index is 0. The van der Waals surface area contributed by atoms with E-state index in [1.807, 2.05) is 0 Å². The van der Waals surface area contributed by atoms with E-state index < -0.39 is 0 Å². The summed E-state index contributed by atoms with van der Waals surface area (Å²) in [6, 6.07) is 8.51. The molecule has 1 nitrogen and oxygen atoms in total. The summed E-state index contributed by atoms with van der Waals surface area (Å²) in [5.41, 5.74) is 2.63. The molecule has 1 aromatic rings. The van der Waals surface area contributed by atoms with E-state index >= 15 is 0 Å². The quantitative estimate of drug-likeness (QED) is 0.834. The normalized spacial score (nSPS) is 12.3. The second-order valence-electron chi connectivity index (χ2n) is 4.05. The molecule has 81 valence electrons.